The van der Waals surface area contributed by atoms with E-state index in [4.69, 9.17) is 5.11 Å². The highest BCUT2D eigenvalue weighted by molar-refractivity contribution is 7.14. The van der Waals surface area contributed by atoms with Gasteiger partial charge < -0.3 is 5.11 Å². The van der Waals surface area contributed by atoms with Crippen molar-refractivity contribution in [1.82, 2.24) is 0 Å². The first-order valence-corrected chi connectivity index (χ1v) is 5.12. The Balaban J connectivity index is 3.04. The van der Waals surface area contributed by atoms with E-state index < -0.39 is 6.09 Å². The highest BCUT2D eigenvalue weighted by atomic mass is 32.1. The van der Waals surface area contributed by atoms with Gasteiger partial charge in [0.1, 0.15) is 5.00 Å². The van der Waals surface area contributed by atoms with Crippen LogP contribution in [0.5, 0.6) is 0 Å². The number of rotatable bonds is 3. The summed E-state index contributed by atoms with van der Waals surface area (Å²) in [5, 5.41) is 11.7. The molecule has 0 radical (unpaired) electrons. The van der Waals surface area contributed by atoms with Crippen LogP contribution >= 0.6 is 11.3 Å². The number of hydrogen-bond donors (Lipinski definition) is 1. The second-order valence-electron chi connectivity index (χ2n) is 3.03. The molecule has 0 unspecified atom stereocenters. The molecule has 14 heavy (non-hydrogen) atoms. The van der Waals surface area contributed by atoms with E-state index in [1.54, 1.807) is 6.08 Å². The lowest BCUT2D eigenvalue weighted by atomic mass is 10.2. The second-order valence-corrected chi connectivity index (χ2v) is 3.89. The Labute approximate surface area is 87.3 Å². The SMILES string of the molecule is C=CCN(C(=O)O)c1scc(C)c1C. The van der Waals surface area contributed by atoms with Gasteiger partial charge in [-0.3, -0.25) is 4.90 Å². The van der Waals surface area contributed by atoms with Crippen LogP contribution in [0.1, 0.15) is 11.1 Å². The van der Waals surface area contributed by atoms with Crippen molar-refractivity contribution in [2.24, 2.45) is 0 Å². The van der Waals surface area contributed by atoms with Gasteiger partial charge in [-0.1, -0.05) is 6.08 Å². The molecule has 0 saturated heterocycles. The molecule has 0 aliphatic rings. The van der Waals surface area contributed by atoms with Crippen molar-refractivity contribution in [3.05, 3.63) is 29.2 Å². The normalized spacial score (nSPS) is 9.86. The molecule has 0 spiro atoms. The van der Waals surface area contributed by atoms with Gasteiger partial charge in [0, 0.05) is 6.54 Å². The third kappa shape index (κ3) is 1.96. The largest absolute Gasteiger partial charge is 0.465 e. The topological polar surface area (TPSA) is 40.5 Å². The first-order chi connectivity index (χ1) is 6.57. The van der Waals surface area contributed by atoms with Crippen LogP contribution in [0.3, 0.4) is 0 Å². The quantitative estimate of drug-likeness (QED) is 0.781. The van der Waals surface area contributed by atoms with E-state index in [1.165, 1.54) is 16.2 Å². The van der Waals surface area contributed by atoms with Gasteiger partial charge in [-0.15, -0.1) is 17.9 Å². The van der Waals surface area contributed by atoms with Crippen molar-refractivity contribution in [1.29, 1.82) is 0 Å². The molecular formula is C10H13NO2S. The summed E-state index contributed by atoms with van der Waals surface area (Å²) in [6.45, 7) is 7.78. The minimum atomic E-state index is -0.935. The Morgan fingerprint density at radius 1 is 1.71 bits per heavy atom. The van der Waals surface area contributed by atoms with Gasteiger partial charge in [-0.05, 0) is 30.4 Å². The zero-order valence-electron chi connectivity index (χ0n) is 8.28. The van der Waals surface area contributed by atoms with Crippen LogP contribution in [0.15, 0.2) is 18.0 Å². The number of anilines is 1. The summed E-state index contributed by atoms with van der Waals surface area (Å²) in [4.78, 5) is 12.2. The maximum atomic E-state index is 10.9. The summed E-state index contributed by atoms with van der Waals surface area (Å²) in [5.41, 5.74) is 2.15. The Bertz CT molecular complexity index is 357. The number of hydrogen-bond acceptors (Lipinski definition) is 2. The molecule has 0 bridgehead atoms. The van der Waals surface area contributed by atoms with Crippen molar-refractivity contribution in [3.63, 3.8) is 0 Å². The van der Waals surface area contributed by atoms with Crippen LogP contribution in [-0.2, 0) is 0 Å². The zero-order chi connectivity index (χ0) is 10.7. The third-order valence-corrected chi connectivity index (χ3v) is 3.27. The molecule has 0 aliphatic carbocycles. The molecule has 76 valence electrons. The fraction of sp³-hybridized carbons (Fsp3) is 0.300. The van der Waals surface area contributed by atoms with Gasteiger partial charge in [0.15, 0.2) is 0 Å². The number of aryl methyl sites for hydroxylation is 1. The van der Waals surface area contributed by atoms with Crippen LogP contribution in [0.25, 0.3) is 0 Å². The number of nitrogens with zero attached hydrogens (tertiary/aromatic N) is 1. The smallest absolute Gasteiger partial charge is 0.412 e. The van der Waals surface area contributed by atoms with Crippen LogP contribution in [-0.4, -0.2) is 17.7 Å². The molecular weight excluding hydrogens is 198 g/mol. The molecule has 4 heteroatoms. The average Bonchev–Trinajstić information content (AvgIpc) is 2.44. The van der Waals surface area contributed by atoms with E-state index in [2.05, 4.69) is 6.58 Å². The van der Waals surface area contributed by atoms with E-state index in [0.29, 0.717) is 6.54 Å². The van der Waals surface area contributed by atoms with E-state index >= 15 is 0 Å². The van der Waals surface area contributed by atoms with E-state index in [9.17, 15) is 4.79 Å². The van der Waals surface area contributed by atoms with Gasteiger partial charge in [-0.2, -0.15) is 0 Å². The minimum absolute atomic E-state index is 0.329. The second kappa shape index (κ2) is 4.28. The summed E-state index contributed by atoms with van der Waals surface area (Å²) < 4.78 is 0. The van der Waals surface area contributed by atoms with Gasteiger partial charge in [0.05, 0.1) is 0 Å². The van der Waals surface area contributed by atoms with E-state index in [0.717, 1.165) is 16.1 Å². The Hall–Kier alpha value is -1.29. The minimum Gasteiger partial charge on any atom is -0.465 e. The molecule has 0 atom stereocenters. The molecule has 1 N–H and O–H groups in total. The summed E-state index contributed by atoms with van der Waals surface area (Å²) in [7, 11) is 0. The fourth-order valence-electron chi connectivity index (χ4n) is 1.13. The standard InChI is InChI=1S/C10H13NO2S/c1-4-5-11(10(12)13)9-8(3)7(2)6-14-9/h4,6H,1,5H2,2-3H3,(H,12,13). The van der Waals surface area contributed by atoms with Gasteiger partial charge in [0.2, 0.25) is 0 Å². The molecule has 0 aliphatic heterocycles. The zero-order valence-corrected chi connectivity index (χ0v) is 9.10. The van der Waals surface area contributed by atoms with Crippen molar-refractivity contribution >= 4 is 22.4 Å². The maximum absolute atomic E-state index is 10.9. The maximum Gasteiger partial charge on any atom is 0.412 e. The number of carboxylic acid groups (broad SMARTS) is 1. The van der Waals surface area contributed by atoms with Crippen LogP contribution < -0.4 is 4.90 Å². The molecule has 1 aromatic heterocycles. The fourth-order valence-corrected chi connectivity index (χ4v) is 2.22. The highest BCUT2D eigenvalue weighted by Gasteiger charge is 2.17. The van der Waals surface area contributed by atoms with Crippen molar-refractivity contribution in [2.75, 3.05) is 11.4 Å². The molecule has 0 aromatic carbocycles. The molecule has 1 aromatic rings. The molecule has 0 saturated carbocycles. The molecule has 1 rings (SSSR count). The third-order valence-electron chi connectivity index (χ3n) is 2.05. The summed E-state index contributed by atoms with van der Waals surface area (Å²) >= 11 is 1.45. The van der Waals surface area contributed by atoms with Gasteiger partial charge >= 0.3 is 6.09 Å². The highest BCUT2D eigenvalue weighted by Crippen LogP contribution is 2.30. The lowest BCUT2D eigenvalue weighted by Gasteiger charge is -2.16. The predicted molar refractivity (Wildman–Crippen MR) is 59.4 cm³/mol. The van der Waals surface area contributed by atoms with Crippen molar-refractivity contribution < 1.29 is 9.90 Å². The first kappa shape index (κ1) is 10.8. The molecule has 1 heterocycles. The molecule has 3 nitrogen and oxygen atoms in total. The van der Waals surface area contributed by atoms with Gasteiger partial charge in [-0.25, -0.2) is 4.79 Å². The Morgan fingerprint density at radius 3 is 2.71 bits per heavy atom. The summed E-state index contributed by atoms with van der Waals surface area (Å²) in [6, 6.07) is 0. The number of carbonyl (C=O) groups is 1. The van der Waals surface area contributed by atoms with E-state index in [1.807, 2.05) is 19.2 Å². The predicted octanol–water partition coefficient (Wildman–Crippen LogP) is 3.04. The number of amides is 1. The molecule has 0 fully saturated rings. The van der Waals surface area contributed by atoms with Gasteiger partial charge in [0.25, 0.3) is 0 Å². The monoisotopic (exact) mass is 211 g/mol. The van der Waals surface area contributed by atoms with Crippen molar-refractivity contribution in [2.45, 2.75) is 13.8 Å². The van der Waals surface area contributed by atoms with Crippen LogP contribution in [0.2, 0.25) is 0 Å². The average molecular weight is 211 g/mol. The van der Waals surface area contributed by atoms with Crippen LogP contribution in [0.4, 0.5) is 9.80 Å². The first-order valence-electron chi connectivity index (χ1n) is 4.24. The lowest BCUT2D eigenvalue weighted by Crippen LogP contribution is -2.28. The van der Waals surface area contributed by atoms with Crippen LogP contribution in [0, 0.1) is 13.8 Å². The summed E-state index contributed by atoms with van der Waals surface area (Å²) in [5.74, 6) is 0. The number of thiophene rings is 1. The van der Waals surface area contributed by atoms with Crippen molar-refractivity contribution in [3.8, 4) is 0 Å². The lowest BCUT2D eigenvalue weighted by molar-refractivity contribution is 0.202. The molecule has 1 amide bonds. The Kier molecular flexibility index (Phi) is 3.30. The Morgan fingerprint density at radius 2 is 2.36 bits per heavy atom. The van der Waals surface area contributed by atoms with E-state index in [-0.39, 0.29) is 0 Å². The summed E-state index contributed by atoms with van der Waals surface area (Å²) in [6.07, 6.45) is 0.651.